The van der Waals surface area contributed by atoms with Gasteiger partial charge >= 0.3 is 0 Å². The second-order valence-corrected chi connectivity index (χ2v) is 6.16. The van der Waals surface area contributed by atoms with Gasteiger partial charge in [0.2, 0.25) is 5.91 Å². The lowest BCUT2D eigenvalue weighted by atomic mass is 10.1. The number of amides is 2. The molecule has 0 bridgehead atoms. The Hall–Kier alpha value is -3.48. The predicted molar refractivity (Wildman–Crippen MR) is 96.1 cm³/mol. The quantitative estimate of drug-likeness (QED) is 0.783. The Balaban J connectivity index is 1.48. The second-order valence-electron chi connectivity index (χ2n) is 6.16. The predicted octanol–water partition coefficient (Wildman–Crippen LogP) is 2.03. The van der Waals surface area contributed by atoms with Crippen LogP contribution in [0, 0.1) is 0 Å². The highest BCUT2D eigenvalue weighted by Gasteiger charge is 2.32. The lowest BCUT2D eigenvalue weighted by Gasteiger charge is -2.19. The Bertz CT molecular complexity index is 1000. The number of carbonyl (C=O) groups excluding carboxylic acids is 2. The Morgan fingerprint density at radius 3 is 2.65 bits per heavy atom. The van der Waals surface area contributed by atoms with E-state index in [4.69, 9.17) is 0 Å². The van der Waals surface area contributed by atoms with Gasteiger partial charge in [-0.3, -0.25) is 18.9 Å². The standard InChI is InChI=1S/C19H17N5O2/c1-12(18-22-21-16-9-5-6-10-23(16)18)20-17(25)11-24-13(2)14-7-3-4-8-15(14)19(24)26/h3-10,12H,2,11H2,1H3,(H,20,25). The number of pyridine rings is 1. The summed E-state index contributed by atoms with van der Waals surface area (Å²) in [4.78, 5) is 26.4. The molecule has 0 saturated heterocycles. The third-order valence-electron chi connectivity index (χ3n) is 4.45. The van der Waals surface area contributed by atoms with Gasteiger partial charge in [0.05, 0.1) is 6.04 Å². The van der Waals surface area contributed by atoms with Gasteiger partial charge in [-0.1, -0.05) is 30.8 Å². The first-order valence-electron chi connectivity index (χ1n) is 8.25. The molecule has 1 aliphatic heterocycles. The van der Waals surface area contributed by atoms with E-state index in [1.807, 2.05) is 47.9 Å². The van der Waals surface area contributed by atoms with Gasteiger partial charge in [0.1, 0.15) is 6.54 Å². The number of aromatic nitrogens is 3. The molecule has 1 unspecified atom stereocenters. The van der Waals surface area contributed by atoms with Gasteiger partial charge in [0.25, 0.3) is 5.91 Å². The number of carbonyl (C=O) groups is 2. The summed E-state index contributed by atoms with van der Waals surface area (Å²) in [5.41, 5.74) is 2.59. The van der Waals surface area contributed by atoms with Crippen LogP contribution in [0.15, 0.2) is 55.2 Å². The average Bonchev–Trinajstić information content (AvgIpc) is 3.18. The van der Waals surface area contributed by atoms with E-state index in [0.29, 0.717) is 22.7 Å². The highest BCUT2D eigenvalue weighted by molar-refractivity contribution is 6.10. The molecule has 1 aliphatic rings. The number of nitrogens with one attached hydrogen (secondary N) is 1. The Kier molecular flexibility index (Phi) is 3.76. The number of nitrogens with zero attached hydrogens (tertiary/aromatic N) is 4. The smallest absolute Gasteiger partial charge is 0.259 e. The lowest BCUT2D eigenvalue weighted by Crippen LogP contribution is -2.38. The topological polar surface area (TPSA) is 79.6 Å². The molecule has 1 atom stereocenters. The largest absolute Gasteiger partial charge is 0.345 e. The molecule has 0 aliphatic carbocycles. The molecule has 0 saturated carbocycles. The molecule has 130 valence electrons. The monoisotopic (exact) mass is 347 g/mol. The van der Waals surface area contributed by atoms with Gasteiger partial charge in [0.15, 0.2) is 11.5 Å². The van der Waals surface area contributed by atoms with E-state index in [9.17, 15) is 9.59 Å². The minimum atomic E-state index is -0.353. The van der Waals surface area contributed by atoms with Crippen molar-refractivity contribution in [3.63, 3.8) is 0 Å². The third kappa shape index (κ3) is 2.54. The van der Waals surface area contributed by atoms with Crippen LogP contribution in [-0.2, 0) is 4.79 Å². The normalized spacial score (nSPS) is 14.6. The summed E-state index contributed by atoms with van der Waals surface area (Å²) in [5.74, 6) is 0.137. The maximum Gasteiger partial charge on any atom is 0.259 e. The van der Waals surface area contributed by atoms with Crippen LogP contribution in [-0.4, -0.2) is 37.9 Å². The molecule has 7 nitrogen and oxygen atoms in total. The molecule has 0 radical (unpaired) electrons. The zero-order chi connectivity index (χ0) is 18.3. The number of rotatable bonds is 4. The molecule has 0 fully saturated rings. The van der Waals surface area contributed by atoms with Crippen LogP contribution in [0.25, 0.3) is 11.3 Å². The van der Waals surface area contributed by atoms with E-state index >= 15 is 0 Å². The van der Waals surface area contributed by atoms with Crippen molar-refractivity contribution in [2.75, 3.05) is 6.54 Å². The van der Waals surface area contributed by atoms with Crippen LogP contribution in [0.1, 0.15) is 34.7 Å². The van der Waals surface area contributed by atoms with Gasteiger partial charge in [-0.15, -0.1) is 10.2 Å². The summed E-state index contributed by atoms with van der Waals surface area (Å²) in [6.45, 7) is 5.69. The molecule has 1 aromatic carbocycles. The van der Waals surface area contributed by atoms with E-state index < -0.39 is 0 Å². The molecule has 4 rings (SSSR count). The Morgan fingerprint density at radius 1 is 1.15 bits per heavy atom. The SMILES string of the molecule is C=C1c2ccccc2C(=O)N1CC(=O)NC(C)c1nnc2ccccn12. The van der Waals surface area contributed by atoms with Crippen LogP contribution in [0.5, 0.6) is 0 Å². The molecule has 2 aromatic heterocycles. The van der Waals surface area contributed by atoms with E-state index in [1.54, 1.807) is 12.1 Å². The maximum atomic E-state index is 12.5. The number of hydrogen-bond acceptors (Lipinski definition) is 4. The first-order valence-corrected chi connectivity index (χ1v) is 8.25. The fraction of sp³-hybridized carbons (Fsp3) is 0.158. The number of benzene rings is 1. The molecule has 1 N–H and O–H groups in total. The van der Waals surface area contributed by atoms with Crippen LogP contribution < -0.4 is 5.32 Å². The van der Waals surface area contributed by atoms with Crippen molar-refractivity contribution in [1.82, 2.24) is 24.8 Å². The minimum Gasteiger partial charge on any atom is -0.345 e. The van der Waals surface area contributed by atoms with Crippen molar-refractivity contribution >= 4 is 23.2 Å². The minimum absolute atomic E-state index is 0.0899. The summed E-state index contributed by atoms with van der Waals surface area (Å²) in [6, 6.07) is 12.5. The maximum absolute atomic E-state index is 12.5. The fourth-order valence-corrected chi connectivity index (χ4v) is 3.15. The lowest BCUT2D eigenvalue weighted by molar-refractivity contribution is -0.121. The molecule has 2 amide bonds. The van der Waals surface area contributed by atoms with Crippen LogP contribution >= 0.6 is 0 Å². The fourth-order valence-electron chi connectivity index (χ4n) is 3.15. The van der Waals surface area contributed by atoms with Gasteiger partial charge in [0, 0.05) is 23.0 Å². The van der Waals surface area contributed by atoms with Gasteiger partial charge in [-0.25, -0.2) is 0 Å². The van der Waals surface area contributed by atoms with Crippen molar-refractivity contribution in [3.05, 3.63) is 72.2 Å². The first-order chi connectivity index (χ1) is 12.6. The summed E-state index contributed by atoms with van der Waals surface area (Å²) in [5, 5.41) is 11.1. The molecule has 0 spiro atoms. The molecular formula is C19H17N5O2. The zero-order valence-corrected chi connectivity index (χ0v) is 14.2. The number of hydrogen-bond donors (Lipinski definition) is 1. The van der Waals surface area contributed by atoms with E-state index in [2.05, 4.69) is 22.1 Å². The van der Waals surface area contributed by atoms with Gasteiger partial charge in [-0.05, 0) is 25.1 Å². The van der Waals surface area contributed by atoms with Crippen molar-refractivity contribution < 1.29 is 9.59 Å². The van der Waals surface area contributed by atoms with E-state index in [-0.39, 0.29) is 24.4 Å². The van der Waals surface area contributed by atoms with E-state index in [1.165, 1.54) is 4.90 Å². The Labute approximate surface area is 150 Å². The molecular weight excluding hydrogens is 330 g/mol. The van der Waals surface area contributed by atoms with E-state index in [0.717, 1.165) is 5.56 Å². The van der Waals surface area contributed by atoms with Gasteiger partial charge < -0.3 is 5.32 Å². The molecule has 26 heavy (non-hydrogen) atoms. The molecule has 3 aromatic rings. The van der Waals surface area contributed by atoms with Crippen molar-refractivity contribution in [1.29, 1.82) is 0 Å². The van der Waals surface area contributed by atoms with Crippen LogP contribution in [0.2, 0.25) is 0 Å². The average molecular weight is 347 g/mol. The summed E-state index contributed by atoms with van der Waals surface area (Å²) < 4.78 is 1.82. The van der Waals surface area contributed by atoms with Crippen LogP contribution in [0.3, 0.4) is 0 Å². The summed E-state index contributed by atoms with van der Waals surface area (Å²) in [7, 11) is 0. The van der Waals surface area contributed by atoms with Crippen molar-refractivity contribution in [3.8, 4) is 0 Å². The summed E-state index contributed by atoms with van der Waals surface area (Å²) >= 11 is 0. The van der Waals surface area contributed by atoms with Crippen molar-refractivity contribution in [2.24, 2.45) is 0 Å². The van der Waals surface area contributed by atoms with Gasteiger partial charge in [-0.2, -0.15) is 0 Å². The molecule has 7 heteroatoms. The number of fused-ring (bicyclic) bond motifs is 2. The summed E-state index contributed by atoms with van der Waals surface area (Å²) in [6.07, 6.45) is 1.84. The van der Waals surface area contributed by atoms with Crippen LogP contribution in [0.4, 0.5) is 0 Å². The first kappa shape index (κ1) is 16.0. The highest BCUT2D eigenvalue weighted by atomic mass is 16.2. The third-order valence-corrected chi connectivity index (χ3v) is 4.45. The highest BCUT2D eigenvalue weighted by Crippen LogP contribution is 2.30. The molecule has 3 heterocycles. The zero-order valence-electron chi connectivity index (χ0n) is 14.2. The Morgan fingerprint density at radius 2 is 1.88 bits per heavy atom. The second kappa shape index (κ2) is 6.11. The van der Waals surface area contributed by atoms with Crippen molar-refractivity contribution in [2.45, 2.75) is 13.0 Å².